The number of halogens is 1. The van der Waals surface area contributed by atoms with Crippen molar-refractivity contribution in [2.45, 2.75) is 39.7 Å². The first-order valence-corrected chi connectivity index (χ1v) is 8.65. The van der Waals surface area contributed by atoms with Crippen molar-refractivity contribution in [2.24, 2.45) is 0 Å². The lowest BCUT2D eigenvalue weighted by atomic mass is 10.1. The van der Waals surface area contributed by atoms with Crippen LogP contribution in [0.1, 0.15) is 31.7 Å². The van der Waals surface area contributed by atoms with Crippen molar-refractivity contribution >= 4 is 28.9 Å². The van der Waals surface area contributed by atoms with Gasteiger partial charge >= 0.3 is 0 Å². The Kier molecular flexibility index (Phi) is 4.81. The van der Waals surface area contributed by atoms with E-state index in [0.29, 0.717) is 11.1 Å². The summed E-state index contributed by atoms with van der Waals surface area (Å²) in [6, 6.07) is 6.26. The Labute approximate surface area is 148 Å². The molecule has 3 rings (SSSR count). The molecule has 1 aliphatic rings. The van der Waals surface area contributed by atoms with Crippen LogP contribution in [-0.2, 0) is 6.42 Å². The van der Waals surface area contributed by atoms with Crippen LogP contribution >= 0.6 is 11.6 Å². The Bertz CT molecular complexity index is 750. The van der Waals surface area contributed by atoms with E-state index in [1.165, 1.54) is 5.56 Å². The number of nitrogens with one attached hydrogen (secondary N) is 1. The summed E-state index contributed by atoms with van der Waals surface area (Å²) < 4.78 is 5.32. The minimum atomic E-state index is 0.367. The number of benzene rings is 1. The standard InChI is InChI=1S/C18H23ClN4O/c1-5-11(2)20-16-10-17(22-12(3)21-16)23-7-6-13-8-14(24-4)9-15(19)18(13)23/h8-11H,5-7H2,1-4H3,(H,20,21,22). The Morgan fingerprint density at radius 3 is 2.83 bits per heavy atom. The maximum absolute atomic E-state index is 6.50. The van der Waals surface area contributed by atoms with E-state index in [-0.39, 0.29) is 0 Å². The third-order valence-corrected chi connectivity index (χ3v) is 4.62. The molecular weight excluding hydrogens is 324 g/mol. The second-order valence-electron chi connectivity index (χ2n) is 6.13. The molecule has 6 heteroatoms. The van der Waals surface area contributed by atoms with E-state index in [9.17, 15) is 0 Å². The number of aromatic nitrogens is 2. The minimum absolute atomic E-state index is 0.367. The molecule has 1 atom stereocenters. The van der Waals surface area contributed by atoms with Crippen LogP contribution in [0.3, 0.4) is 0 Å². The molecule has 1 aromatic carbocycles. The first-order valence-electron chi connectivity index (χ1n) is 8.28. The highest BCUT2D eigenvalue weighted by atomic mass is 35.5. The van der Waals surface area contributed by atoms with E-state index in [0.717, 1.165) is 48.3 Å². The highest BCUT2D eigenvalue weighted by Gasteiger charge is 2.26. The normalized spacial score (nSPS) is 14.5. The van der Waals surface area contributed by atoms with E-state index < -0.39 is 0 Å². The maximum atomic E-state index is 6.50. The number of hydrogen-bond acceptors (Lipinski definition) is 5. The van der Waals surface area contributed by atoms with Gasteiger partial charge in [0.15, 0.2) is 0 Å². The monoisotopic (exact) mass is 346 g/mol. The van der Waals surface area contributed by atoms with Gasteiger partial charge in [-0.15, -0.1) is 0 Å². The molecule has 2 aromatic rings. The van der Waals surface area contributed by atoms with Crippen LogP contribution < -0.4 is 15.0 Å². The highest BCUT2D eigenvalue weighted by molar-refractivity contribution is 6.33. The molecule has 0 amide bonds. The van der Waals surface area contributed by atoms with Gasteiger partial charge in [-0.25, -0.2) is 9.97 Å². The van der Waals surface area contributed by atoms with Gasteiger partial charge in [-0.05, 0) is 38.3 Å². The molecular formula is C18H23ClN4O. The molecule has 2 heterocycles. The van der Waals surface area contributed by atoms with Gasteiger partial charge in [-0.2, -0.15) is 0 Å². The fraction of sp³-hybridized carbons (Fsp3) is 0.444. The lowest BCUT2D eigenvalue weighted by Crippen LogP contribution is -2.19. The van der Waals surface area contributed by atoms with Crippen LogP contribution in [0, 0.1) is 6.92 Å². The number of methoxy groups -OCH3 is 1. The smallest absolute Gasteiger partial charge is 0.138 e. The average Bonchev–Trinajstić information content (AvgIpc) is 2.98. The quantitative estimate of drug-likeness (QED) is 0.872. The number of anilines is 3. The summed E-state index contributed by atoms with van der Waals surface area (Å²) in [5.74, 6) is 3.26. The summed E-state index contributed by atoms with van der Waals surface area (Å²) in [5.41, 5.74) is 2.21. The predicted molar refractivity (Wildman–Crippen MR) is 98.9 cm³/mol. The second-order valence-corrected chi connectivity index (χ2v) is 6.54. The SMILES string of the molecule is CCC(C)Nc1cc(N2CCc3cc(OC)cc(Cl)c32)nc(C)n1. The van der Waals surface area contributed by atoms with Gasteiger partial charge in [0.05, 0.1) is 17.8 Å². The fourth-order valence-electron chi connectivity index (χ4n) is 2.93. The van der Waals surface area contributed by atoms with Gasteiger partial charge in [-0.3, -0.25) is 0 Å². The molecule has 1 N–H and O–H groups in total. The Hall–Kier alpha value is -2.01. The van der Waals surface area contributed by atoms with Crippen molar-refractivity contribution in [1.82, 2.24) is 9.97 Å². The van der Waals surface area contributed by atoms with E-state index in [1.54, 1.807) is 7.11 Å². The number of rotatable bonds is 5. The number of nitrogens with zero attached hydrogens (tertiary/aromatic N) is 3. The molecule has 1 aromatic heterocycles. The highest BCUT2D eigenvalue weighted by Crippen LogP contribution is 2.42. The molecule has 0 bridgehead atoms. The number of aryl methyl sites for hydroxylation is 1. The molecule has 24 heavy (non-hydrogen) atoms. The van der Waals surface area contributed by atoms with E-state index in [4.69, 9.17) is 16.3 Å². The van der Waals surface area contributed by atoms with Gasteiger partial charge in [0, 0.05) is 24.7 Å². The topological polar surface area (TPSA) is 50.3 Å². The molecule has 128 valence electrons. The van der Waals surface area contributed by atoms with Gasteiger partial charge in [-0.1, -0.05) is 18.5 Å². The van der Waals surface area contributed by atoms with Gasteiger partial charge < -0.3 is 15.0 Å². The number of fused-ring (bicyclic) bond motifs is 1. The zero-order valence-corrected chi connectivity index (χ0v) is 15.3. The molecule has 1 unspecified atom stereocenters. The summed E-state index contributed by atoms with van der Waals surface area (Å²) in [7, 11) is 1.66. The van der Waals surface area contributed by atoms with Crippen LogP contribution in [0.5, 0.6) is 5.75 Å². The van der Waals surface area contributed by atoms with E-state index in [1.807, 2.05) is 25.1 Å². The fourth-order valence-corrected chi connectivity index (χ4v) is 3.26. The Balaban J connectivity index is 1.97. The average molecular weight is 347 g/mol. The van der Waals surface area contributed by atoms with Crippen molar-refractivity contribution in [3.8, 4) is 5.75 Å². The maximum Gasteiger partial charge on any atom is 0.138 e. The van der Waals surface area contributed by atoms with Crippen molar-refractivity contribution in [3.05, 3.63) is 34.6 Å². The second kappa shape index (κ2) is 6.85. The van der Waals surface area contributed by atoms with Crippen molar-refractivity contribution < 1.29 is 4.74 Å². The van der Waals surface area contributed by atoms with Crippen LogP contribution in [0.4, 0.5) is 17.3 Å². The zero-order chi connectivity index (χ0) is 17.3. The number of hydrogen-bond donors (Lipinski definition) is 1. The van der Waals surface area contributed by atoms with Crippen LogP contribution in [0.15, 0.2) is 18.2 Å². The lowest BCUT2D eigenvalue weighted by molar-refractivity contribution is 0.414. The van der Waals surface area contributed by atoms with E-state index in [2.05, 4.69) is 34.0 Å². The number of ether oxygens (including phenoxy) is 1. The molecule has 0 saturated heterocycles. The van der Waals surface area contributed by atoms with Crippen molar-refractivity contribution in [2.75, 3.05) is 23.9 Å². The van der Waals surface area contributed by atoms with Crippen LogP contribution in [-0.4, -0.2) is 29.7 Å². The summed E-state index contributed by atoms with van der Waals surface area (Å²) in [6.45, 7) is 7.06. The summed E-state index contributed by atoms with van der Waals surface area (Å²) in [5, 5.41) is 4.11. The Morgan fingerprint density at radius 1 is 1.33 bits per heavy atom. The molecule has 0 fully saturated rings. The Morgan fingerprint density at radius 2 is 2.12 bits per heavy atom. The molecule has 0 spiro atoms. The summed E-state index contributed by atoms with van der Waals surface area (Å²) >= 11 is 6.50. The van der Waals surface area contributed by atoms with Crippen molar-refractivity contribution in [3.63, 3.8) is 0 Å². The molecule has 5 nitrogen and oxygen atoms in total. The third-order valence-electron chi connectivity index (χ3n) is 4.33. The first kappa shape index (κ1) is 16.8. The molecule has 0 saturated carbocycles. The van der Waals surface area contributed by atoms with Gasteiger partial charge in [0.1, 0.15) is 23.2 Å². The van der Waals surface area contributed by atoms with E-state index >= 15 is 0 Å². The lowest BCUT2D eigenvalue weighted by Gasteiger charge is -2.21. The summed E-state index contributed by atoms with van der Waals surface area (Å²) in [4.78, 5) is 11.3. The molecule has 0 aliphatic carbocycles. The van der Waals surface area contributed by atoms with Gasteiger partial charge in [0.25, 0.3) is 0 Å². The molecule has 1 aliphatic heterocycles. The predicted octanol–water partition coefficient (Wildman–Crippen LogP) is 4.35. The third kappa shape index (κ3) is 3.26. The van der Waals surface area contributed by atoms with Crippen LogP contribution in [0.2, 0.25) is 5.02 Å². The van der Waals surface area contributed by atoms with Crippen molar-refractivity contribution in [1.29, 1.82) is 0 Å². The minimum Gasteiger partial charge on any atom is -0.497 e. The van der Waals surface area contributed by atoms with Crippen LogP contribution in [0.25, 0.3) is 0 Å². The zero-order valence-electron chi connectivity index (χ0n) is 14.6. The summed E-state index contributed by atoms with van der Waals surface area (Å²) in [6.07, 6.45) is 1.96. The van der Waals surface area contributed by atoms with Gasteiger partial charge in [0.2, 0.25) is 0 Å². The first-order chi connectivity index (χ1) is 11.5. The molecule has 0 radical (unpaired) electrons. The largest absolute Gasteiger partial charge is 0.497 e.